The van der Waals surface area contributed by atoms with Gasteiger partial charge in [-0.05, 0) is 48.6 Å². The van der Waals surface area contributed by atoms with Crippen molar-refractivity contribution in [1.29, 1.82) is 0 Å². The maximum absolute atomic E-state index is 13.2. The highest BCUT2D eigenvalue weighted by molar-refractivity contribution is 5.97. The number of hydrogen-bond acceptors (Lipinski definition) is 3. The van der Waals surface area contributed by atoms with Gasteiger partial charge in [0.05, 0.1) is 17.9 Å². The molecule has 2 heterocycles. The van der Waals surface area contributed by atoms with E-state index in [1.54, 1.807) is 0 Å². The first-order valence-corrected chi connectivity index (χ1v) is 9.10. The predicted octanol–water partition coefficient (Wildman–Crippen LogP) is 3.76. The Hall–Kier alpha value is -2.62. The van der Waals surface area contributed by atoms with E-state index in [1.807, 2.05) is 24.4 Å². The number of nitrogens with one attached hydrogen (secondary N) is 1. The molecule has 0 radical (unpaired) electrons. The fraction of sp³-hybridized carbons (Fsp3) is 0.333. The van der Waals surface area contributed by atoms with Crippen LogP contribution in [-0.4, -0.2) is 36.2 Å². The molecule has 25 heavy (non-hydrogen) atoms. The van der Waals surface area contributed by atoms with Crippen LogP contribution in [-0.2, 0) is 6.42 Å². The summed E-state index contributed by atoms with van der Waals surface area (Å²) >= 11 is 0. The van der Waals surface area contributed by atoms with Gasteiger partial charge in [-0.15, -0.1) is 0 Å². The van der Waals surface area contributed by atoms with Crippen LogP contribution in [0.25, 0.3) is 0 Å². The van der Waals surface area contributed by atoms with Crippen LogP contribution in [0.15, 0.2) is 47.5 Å². The summed E-state index contributed by atoms with van der Waals surface area (Å²) in [5, 5.41) is 3.28. The lowest BCUT2D eigenvalue weighted by molar-refractivity contribution is 0.0595. The Labute approximate surface area is 147 Å². The molecule has 3 aliphatic rings. The molecule has 2 aliphatic heterocycles. The number of likely N-dealkylation sites (tertiary alicyclic amines) is 1. The minimum absolute atomic E-state index is 0.145. The SMILES string of the molecule is O=C(c1ccc2c(c1)N=CCN2)N1CCC[C@@H]2c3ccccc3C[C@@H]21. The number of rotatable bonds is 1. The van der Waals surface area contributed by atoms with Crippen molar-refractivity contribution in [2.45, 2.75) is 31.2 Å². The Morgan fingerprint density at radius 1 is 1.20 bits per heavy atom. The first kappa shape index (κ1) is 14.7. The van der Waals surface area contributed by atoms with E-state index < -0.39 is 0 Å². The number of carbonyl (C=O) groups is 1. The van der Waals surface area contributed by atoms with Crippen LogP contribution in [0, 0.1) is 0 Å². The lowest BCUT2D eigenvalue weighted by Gasteiger charge is -2.38. The average Bonchev–Trinajstić information content (AvgIpc) is 3.06. The summed E-state index contributed by atoms with van der Waals surface area (Å²) < 4.78 is 0. The number of amides is 1. The summed E-state index contributed by atoms with van der Waals surface area (Å²) in [5.41, 5.74) is 5.47. The standard InChI is InChI=1S/C21H21N3O/c25-21(15-7-8-18-19(12-15)23-10-9-22-18)24-11-3-6-17-16-5-2-1-4-14(16)13-20(17)24/h1-2,4-5,7-8,10,12,17,20,22H,3,6,9,11,13H2/t17-,20+/m1/s1. The Balaban J connectivity index is 1.46. The number of fused-ring (bicyclic) bond motifs is 4. The van der Waals surface area contributed by atoms with Gasteiger partial charge in [-0.1, -0.05) is 24.3 Å². The molecular weight excluding hydrogens is 310 g/mol. The average molecular weight is 331 g/mol. The van der Waals surface area contributed by atoms with Crippen LogP contribution in [0.1, 0.15) is 40.2 Å². The van der Waals surface area contributed by atoms with Gasteiger partial charge in [-0.3, -0.25) is 9.79 Å². The second-order valence-electron chi connectivity index (χ2n) is 7.14. The third kappa shape index (κ3) is 2.36. The highest BCUT2D eigenvalue weighted by Crippen LogP contribution is 2.42. The molecule has 0 aromatic heterocycles. The fourth-order valence-corrected chi connectivity index (χ4v) is 4.62. The monoisotopic (exact) mass is 331 g/mol. The van der Waals surface area contributed by atoms with E-state index >= 15 is 0 Å². The van der Waals surface area contributed by atoms with Crippen molar-refractivity contribution in [2.24, 2.45) is 4.99 Å². The number of benzene rings is 2. The lowest BCUT2D eigenvalue weighted by atomic mass is 9.88. The van der Waals surface area contributed by atoms with Gasteiger partial charge in [-0.2, -0.15) is 0 Å². The summed E-state index contributed by atoms with van der Waals surface area (Å²) in [6, 6.07) is 14.8. The van der Waals surface area contributed by atoms with Crippen LogP contribution >= 0.6 is 0 Å². The minimum Gasteiger partial charge on any atom is -0.378 e. The summed E-state index contributed by atoms with van der Waals surface area (Å²) in [7, 11) is 0. The number of nitrogens with zero attached hydrogens (tertiary/aromatic N) is 2. The number of aliphatic imine (C=N–C) groups is 1. The molecule has 1 N–H and O–H groups in total. The Morgan fingerprint density at radius 2 is 2.12 bits per heavy atom. The largest absolute Gasteiger partial charge is 0.378 e. The highest BCUT2D eigenvalue weighted by atomic mass is 16.2. The summed E-state index contributed by atoms with van der Waals surface area (Å²) in [6.45, 7) is 1.60. The molecule has 1 amide bonds. The second-order valence-corrected chi connectivity index (χ2v) is 7.14. The molecule has 2 aromatic carbocycles. The Morgan fingerprint density at radius 3 is 3.08 bits per heavy atom. The van der Waals surface area contributed by atoms with Crippen molar-refractivity contribution in [3.8, 4) is 0 Å². The maximum atomic E-state index is 13.2. The summed E-state index contributed by atoms with van der Waals surface area (Å²) in [6.07, 6.45) is 5.09. The molecule has 5 rings (SSSR count). The minimum atomic E-state index is 0.145. The third-order valence-corrected chi connectivity index (χ3v) is 5.78. The van der Waals surface area contributed by atoms with Crippen LogP contribution in [0.4, 0.5) is 11.4 Å². The predicted molar refractivity (Wildman–Crippen MR) is 100 cm³/mol. The molecule has 1 aliphatic carbocycles. The molecule has 0 unspecified atom stereocenters. The first-order chi connectivity index (χ1) is 12.3. The highest BCUT2D eigenvalue weighted by Gasteiger charge is 2.40. The van der Waals surface area contributed by atoms with Crippen molar-refractivity contribution in [3.63, 3.8) is 0 Å². The molecule has 4 heteroatoms. The van der Waals surface area contributed by atoms with E-state index in [4.69, 9.17) is 0 Å². The molecule has 0 spiro atoms. The zero-order valence-corrected chi connectivity index (χ0v) is 14.1. The van der Waals surface area contributed by atoms with Gasteiger partial charge in [0.25, 0.3) is 5.91 Å². The van der Waals surface area contributed by atoms with E-state index in [2.05, 4.69) is 39.5 Å². The number of hydrogen-bond donors (Lipinski definition) is 1. The normalized spacial score (nSPS) is 23.4. The first-order valence-electron chi connectivity index (χ1n) is 9.10. The van der Waals surface area contributed by atoms with Crippen LogP contribution in [0.2, 0.25) is 0 Å². The number of piperidine rings is 1. The van der Waals surface area contributed by atoms with Crippen molar-refractivity contribution in [3.05, 3.63) is 59.2 Å². The van der Waals surface area contributed by atoms with Gasteiger partial charge < -0.3 is 10.2 Å². The van der Waals surface area contributed by atoms with E-state index in [-0.39, 0.29) is 5.91 Å². The molecule has 0 bridgehead atoms. The van der Waals surface area contributed by atoms with Gasteiger partial charge in [0.2, 0.25) is 0 Å². The second kappa shape index (κ2) is 5.73. The van der Waals surface area contributed by atoms with Crippen molar-refractivity contribution in [1.82, 2.24) is 4.90 Å². The van der Waals surface area contributed by atoms with Gasteiger partial charge in [0.15, 0.2) is 0 Å². The summed E-state index contributed by atoms with van der Waals surface area (Å²) in [4.78, 5) is 19.8. The van der Waals surface area contributed by atoms with Gasteiger partial charge in [0.1, 0.15) is 0 Å². The van der Waals surface area contributed by atoms with E-state index in [0.29, 0.717) is 12.0 Å². The van der Waals surface area contributed by atoms with E-state index in [9.17, 15) is 4.79 Å². The van der Waals surface area contributed by atoms with E-state index in [1.165, 1.54) is 17.5 Å². The van der Waals surface area contributed by atoms with Gasteiger partial charge >= 0.3 is 0 Å². The van der Waals surface area contributed by atoms with Crippen LogP contribution in [0.3, 0.4) is 0 Å². The molecule has 2 aromatic rings. The smallest absolute Gasteiger partial charge is 0.254 e. The molecule has 4 nitrogen and oxygen atoms in total. The third-order valence-electron chi connectivity index (χ3n) is 5.78. The van der Waals surface area contributed by atoms with Crippen molar-refractivity contribution < 1.29 is 4.79 Å². The van der Waals surface area contributed by atoms with Crippen LogP contribution < -0.4 is 5.32 Å². The summed E-state index contributed by atoms with van der Waals surface area (Å²) in [5.74, 6) is 0.636. The van der Waals surface area contributed by atoms with Crippen molar-refractivity contribution >= 4 is 23.5 Å². The molecular formula is C21H21N3O. The van der Waals surface area contributed by atoms with Crippen molar-refractivity contribution in [2.75, 3.05) is 18.4 Å². The maximum Gasteiger partial charge on any atom is 0.254 e. The molecule has 126 valence electrons. The fourth-order valence-electron chi connectivity index (χ4n) is 4.62. The Kier molecular flexibility index (Phi) is 3.37. The lowest BCUT2D eigenvalue weighted by Crippen LogP contribution is -2.46. The zero-order valence-electron chi connectivity index (χ0n) is 14.1. The molecule has 0 saturated carbocycles. The number of carbonyl (C=O) groups excluding carboxylic acids is 1. The van der Waals surface area contributed by atoms with Gasteiger partial charge in [0, 0.05) is 30.3 Å². The Bertz CT molecular complexity index is 873. The van der Waals surface area contributed by atoms with E-state index in [0.717, 1.165) is 42.9 Å². The molecule has 1 saturated heterocycles. The molecule has 1 fully saturated rings. The quantitative estimate of drug-likeness (QED) is 0.865. The zero-order chi connectivity index (χ0) is 16.8. The van der Waals surface area contributed by atoms with Gasteiger partial charge in [-0.25, -0.2) is 0 Å². The van der Waals surface area contributed by atoms with Crippen LogP contribution in [0.5, 0.6) is 0 Å². The number of anilines is 1. The topological polar surface area (TPSA) is 44.7 Å². The molecule has 2 atom stereocenters.